The molecule has 0 aromatic heterocycles. The lowest BCUT2D eigenvalue weighted by atomic mass is 10.1. The number of aliphatic imine (C=N–C) groups is 1. The van der Waals surface area contributed by atoms with Gasteiger partial charge in [-0.3, -0.25) is 9.79 Å². The number of amides is 1. The predicted octanol–water partition coefficient (Wildman–Crippen LogP) is 1.35. The maximum atomic E-state index is 11.7. The van der Waals surface area contributed by atoms with Crippen LogP contribution in [0.2, 0.25) is 0 Å². The molecule has 1 aliphatic heterocycles. The van der Waals surface area contributed by atoms with E-state index in [0.717, 1.165) is 5.56 Å². The van der Waals surface area contributed by atoms with Gasteiger partial charge in [0.05, 0.1) is 19.0 Å². The molecule has 3 nitrogen and oxygen atoms in total. The number of rotatable bonds is 3. The fraction of sp³-hybridized carbons (Fsp3) is 0.231. The molecular weight excluding hydrogens is 200 g/mol. The Balaban J connectivity index is 1.85. The third-order valence-corrected chi connectivity index (χ3v) is 2.39. The van der Waals surface area contributed by atoms with Crippen molar-refractivity contribution >= 4 is 12.1 Å². The van der Waals surface area contributed by atoms with Crippen molar-refractivity contribution in [3.8, 4) is 0 Å². The smallest absolute Gasteiger partial charge is 0.224 e. The van der Waals surface area contributed by atoms with E-state index in [1.807, 2.05) is 42.5 Å². The molecule has 1 amide bonds. The largest absolute Gasteiger partial charge is 0.348 e. The van der Waals surface area contributed by atoms with E-state index >= 15 is 0 Å². The minimum absolute atomic E-state index is 0.0398. The Labute approximate surface area is 94.9 Å². The summed E-state index contributed by atoms with van der Waals surface area (Å²) < 4.78 is 0. The molecular formula is C13H14N2O. The number of carbonyl (C=O) groups excluding carboxylic acids is 1. The number of nitrogens with one attached hydrogen (secondary N) is 1. The second kappa shape index (κ2) is 5.26. The first-order chi connectivity index (χ1) is 7.84. The summed E-state index contributed by atoms with van der Waals surface area (Å²) in [6, 6.07) is 9.77. The highest BCUT2D eigenvalue weighted by molar-refractivity contribution is 5.80. The molecule has 3 heteroatoms. The lowest BCUT2D eigenvalue weighted by Crippen LogP contribution is -2.37. The van der Waals surface area contributed by atoms with Crippen LogP contribution in [-0.2, 0) is 11.2 Å². The van der Waals surface area contributed by atoms with Gasteiger partial charge in [0.1, 0.15) is 0 Å². The van der Waals surface area contributed by atoms with E-state index in [2.05, 4.69) is 10.3 Å². The SMILES string of the molecule is O=C(Cc1ccccc1)NC1C=CC=NC1. The molecule has 0 bridgehead atoms. The average Bonchev–Trinajstić information content (AvgIpc) is 2.31. The van der Waals surface area contributed by atoms with Gasteiger partial charge in [-0.2, -0.15) is 0 Å². The summed E-state index contributed by atoms with van der Waals surface area (Å²) in [7, 11) is 0. The van der Waals surface area contributed by atoms with Gasteiger partial charge in [-0.1, -0.05) is 36.4 Å². The van der Waals surface area contributed by atoms with Gasteiger partial charge >= 0.3 is 0 Å². The molecule has 1 N–H and O–H groups in total. The molecule has 0 saturated carbocycles. The number of hydrogen-bond acceptors (Lipinski definition) is 2. The topological polar surface area (TPSA) is 41.5 Å². The highest BCUT2D eigenvalue weighted by atomic mass is 16.1. The standard InChI is InChI=1S/C13H14N2O/c16-13(9-11-5-2-1-3-6-11)15-12-7-4-8-14-10-12/h1-8,12H,9-10H2,(H,15,16). The number of benzene rings is 1. The van der Waals surface area contributed by atoms with Gasteiger partial charge in [-0.05, 0) is 11.6 Å². The Morgan fingerprint density at radius 2 is 2.19 bits per heavy atom. The molecule has 1 aliphatic rings. The van der Waals surface area contributed by atoms with Crippen molar-refractivity contribution in [2.24, 2.45) is 4.99 Å². The van der Waals surface area contributed by atoms with Crippen molar-refractivity contribution in [2.45, 2.75) is 12.5 Å². The second-order valence-electron chi connectivity index (χ2n) is 3.74. The quantitative estimate of drug-likeness (QED) is 0.810. The summed E-state index contributed by atoms with van der Waals surface area (Å²) in [6.07, 6.45) is 5.99. The van der Waals surface area contributed by atoms with E-state index in [1.54, 1.807) is 6.21 Å². The Hall–Kier alpha value is -1.90. The first-order valence-electron chi connectivity index (χ1n) is 5.34. The Bertz CT molecular complexity index is 409. The summed E-state index contributed by atoms with van der Waals surface area (Å²) in [4.78, 5) is 15.8. The lowest BCUT2D eigenvalue weighted by molar-refractivity contribution is -0.120. The maximum absolute atomic E-state index is 11.7. The molecule has 1 unspecified atom stereocenters. The number of allylic oxidation sites excluding steroid dienone is 1. The zero-order chi connectivity index (χ0) is 11.2. The zero-order valence-electron chi connectivity index (χ0n) is 8.97. The zero-order valence-corrected chi connectivity index (χ0v) is 8.97. The van der Waals surface area contributed by atoms with E-state index in [1.165, 1.54) is 0 Å². The van der Waals surface area contributed by atoms with Gasteiger partial charge in [0.25, 0.3) is 0 Å². The van der Waals surface area contributed by atoms with Crippen LogP contribution in [0, 0.1) is 0 Å². The fourth-order valence-electron chi connectivity index (χ4n) is 1.61. The van der Waals surface area contributed by atoms with Crippen LogP contribution in [0.1, 0.15) is 5.56 Å². The summed E-state index contributed by atoms with van der Waals surface area (Å²) in [5.74, 6) is 0.0398. The summed E-state index contributed by atoms with van der Waals surface area (Å²) in [5.41, 5.74) is 1.03. The lowest BCUT2D eigenvalue weighted by Gasteiger charge is -2.14. The molecule has 1 aromatic carbocycles. The van der Waals surface area contributed by atoms with Gasteiger partial charge in [0.15, 0.2) is 0 Å². The maximum Gasteiger partial charge on any atom is 0.224 e. The normalized spacial score (nSPS) is 18.4. The van der Waals surface area contributed by atoms with Crippen molar-refractivity contribution in [3.63, 3.8) is 0 Å². The van der Waals surface area contributed by atoms with Crippen molar-refractivity contribution in [1.29, 1.82) is 0 Å². The van der Waals surface area contributed by atoms with E-state index in [0.29, 0.717) is 13.0 Å². The second-order valence-corrected chi connectivity index (χ2v) is 3.74. The van der Waals surface area contributed by atoms with Crippen molar-refractivity contribution in [3.05, 3.63) is 48.0 Å². The average molecular weight is 214 g/mol. The van der Waals surface area contributed by atoms with Gasteiger partial charge < -0.3 is 5.32 Å². The molecule has 1 atom stereocenters. The molecule has 82 valence electrons. The van der Waals surface area contributed by atoms with Crippen molar-refractivity contribution < 1.29 is 4.79 Å². The number of hydrogen-bond donors (Lipinski definition) is 1. The first kappa shape index (κ1) is 10.6. The van der Waals surface area contributed by atoms with Crippen molar-refractivity contribution in [2.75, 3.05) is 6.54 Å². The minimum atomic E-state index is 0.0398. The molecule has 16 heavy (non-hydrogen) atoms. The molecule has 1 heterocycles. The Kier molecular flexibility index (Phi) is 3.49. The highest BCUT2D eigenvalue weighted by Crippen LogP contribution is 2.00. The van der Waals surface area contributed by atoms with E-state index < -0.39 is 0 Å². The third kappa shape index (κ3) is 3.05. The molecule has 0 spiro atoms. The molecule has 0 aliphatic carbocycles. The van der Waals surface area contributed by atoms with Gasteiger partial charge in [0.2, 0.25) is 5.91 Å². The van der Waals surface area contributed by atoms with Gasteiger partial charge in [-0.25, -0.2) is 0 Å². The van der Waals surface area contributed by atoms with Gasteiger partial charge in [0, 0.05) is 6.21 Å². The number of dihydropyridines is 1. The van der Waals surface area contributed by atoms with Crippen LogP contribution < -0.4 is 5.32 Å². The molecule has 0 radical (unpaired) electrons. The molecule has 0 saturated heterocycles. The highest BCUT2D eigenvalue weighted by Gasteiger charge is 2.10. The molecule has 2 rings (SSSR count). The summed E-state index contributed by atoms with van der Waals surface area (Å²) in [5, 5.41) is 2.93. The minimum Gasteiger partial charge on any atom is -0.348 e. The third-order valence-electron chi connectivity index (χ3n) is 2.39. The van der Waals surface area contributed by atoms with Gasteiger partial charge in [-0.15, -0.1) is 0 Å². The monoisotopic (exact) mass is 214 g/mol. The predicted molar refractivity (Wildman–Crippen MR) is 64.6 cm³/mol. The number of nitrogens with zero attached hydrogens (tertiary/aromatic N) is 1. The summed E-state index contributed by atoms with van der Waals surface area (Å²) in [6.45, 7) is 0.636. The number of carbonyl (C=O) groups is 1. The van der Waals surface area contributed by atoms with Crippen LogP contribution >= 0.6 is 0 Å². The first-order valence-corrected chi connectivity index (χ1v) is 5.34. The van der Waals surface area contributed by atoms with E-state index in [-0.39, 0.29) is 11.9 Å². The molecule has 0 fully saturated rings. The molecule has 1 aromatic rings. The van der Waals surface area contributed by atoms with E-state index in [4.69, 9.17) is 0 Å². The van der Waals surface area contributed by atoms with Crippen LogP contribution in [-0.4, -0.2) is 24.7 Å². The van der Waals surface area contributed by atoms with Crippen molar-refractivity contribution in [1.82, 2.24) is 5.32 Å². The van der Waals surface area contributed by atoms with Crippen LogP contribution in [0.4, 0.5) is 0 Å². The van der Waals surface area contributed by atoms with Crippen LogP contribution in [0.15, 0.2) is 47.5 Å². The Morgan fingerprint density at radius 1 is 1.38 bits per heavy atom. The fourth-order valence-corrected chi connectivity index (χ4v) is 1.61. The van der Waals surface area contributed by atoms with E-state index in [9.17, 15) is 4.79 Å². The Morgan fingerprint density at radius 3 is 2.88 bits per heavy atom. The van der Waals surface area contributed by atoms with Crippen LogP contribution in [0.3, 0.4) is 0 Å². The summed E-state index contributed by atoms with van der Waals surface area (Å²) >= 11 is 0. The van der Waals surface area contributed by atoms with Crippen LogP contribution in [0.25, 0.3) is 0 Å². The van der Waals surface area contributed by atoms with Crippen LogP contribution in [0.5, 0.6) is 0 Å².